The molecule has 7 nitrogen and oxygen atoms in total. The number of carbonyl (C=O) groups is 1. The molecule has 1 amide bonds. The fourth-order valence-corrected chi connectivity index (χ4v) is 3.54. The average molecular weight is 470 g/mol. The summed E-state index contributed by atoms with van der Waals surface area (Å²) in [5.41, 5.74) is -5.68. The number of phosphoric acid groups is 1. The minimum atomic E-state index is -5.12. The van der Waals surface area contributed by atoms with Crippen LogP contribution in [0.1, 0.15) is 16.7 Å². The lowest BCUT2D eigenvalue weighted by Gasteiger charge is -2.23. The Morgan fingerprint density at radius 3 is 2.40 bits per heavy atom. The molecule has 1 aliphatic rings. The number of anilines is 1. The van der Waals surface area contributed by atoms with Gasteiger partial charge in [0.05, 0.1) is 18.4 Å². The van der Waals surface area contributed by atoms with E-state index in [1.165, 1.54) is 19.2 Å². The summed E-state index contributed by atoms with van der Waals surface area (Å²) in [6.07, 6.45) is -4.82. The number of hydrogen-bond acceptors (Lipinski definition) is 4. The van der Waals surface area contributed by atoms with Crippen molar-refractivity contribution in [1.29, 1.82) is 0 Å². The molecular formula is C17H13ClF4NO6P. The van der Waals surface area contributed by atoms with Crippen molar-refractivity contribution >= 4 is 31.0 Å². The molecule has 2 N–H and O–H groups in total. The summed E-state index contributed by atoms with van der Waals surface area (Å²) >= 11 is 5.91. The molecule has 0 spiro atoms. The number of benzene rings is 2. The van der Waals surface area contributed by atoms with E-state index in [0.29, 0.717) is 17.0 Å². The molecule has 2 aromatic carbocycles. The van der Waals surface area contributed by atoms with Crippen molar-refractivity contribution in [2.75, 3.05) is 18.7 Å². The van der Waals surface area contributed by atoms with Gasteiger partial charge in [0, 0.05) is 16.1 Å². The summed E-state index contributed by atoms with van der Waals surface area (Å²) in [6, 6.07) is 5.56. The zero-order chi connectivity index (χ0) is 22.5. The van der Waals surface area contributed by atoms with Gasteiger partial charge in [0.2, 0.25) is 5.67 Å². The predicted molar refractivity (Wildman–Crippen MR) is 96.8 cm³/mol. The molecule has 2 aromatic rings. The smallest absolute Gasteiger partial charge is 0.471 e. The number of methoxy groups -OCH3 is 1. The van der Waals surface area contributed by atoms with E-state index in [2.05, 4.69) is 4.52 Å². The lowest BCUT2D eigenvalue weighted by atomic mass is 9.88. The van der Waals surface area contributed by atoms with Crippen molar-refractivity contribution in [3.05, 3.63) is 58.1 Å². The van der Waals surface area contributed by atoms with Crippen LogP contribution in [0.2, 0.25) is 5.02 Å². The Labute approximate surface area is 172 Å². The standard InChI is InChI=1S/C17H13ClF4NO6P/c1-28-14-5-3-10(18)7-12(14)16(19)11-4-2-9(17(20,21)22)6-13(11)23(15(16)24)8-29-30(25,26)27/h2-7H,8H2,1H3,(H2,25,26,27). The fraction of sp³-hybridized carbons (Fsp3) is 0.235. The molecule has 1 unspecified atom stereocenters. The Bertz CT molecular complexity index is 1060. The molecule has 0 bridgehead atoms. The molecule has 1 atom stereocenters. The number of amides is 1. The van der Waals surface area contributed by atoms with Gasteiger partial charge in [-0.1, -0.05) is 17.7 Å². The second kappa shape index (κ2) is 7.51. The Balaban J connectivity index is 2.24. The first-order valence-corrected chi connectivity index (χ1v) is 9.96. The fourth-order valence-electron chi connectivity index (χ4n) is 3.10. The van der Waals surface area contributed by atoms with E-state index in [1.54, 1.807) is 0 Å². The predicted octanol–water partition coefficient (Wildman–Crippen LogP) is 3.99. The Kier molecular flexibility index (Phi) is 5.63. The summed E-state index contributed by atoms with van der Waals surface area (Å²) in [6.45, 7) is -1.19. The molecule has 30 heavy (non-hydrogen) atoms. The van der Waals surface area contributed by atoms with Crippen LogP contribution in [0.3, 0.4) is 0 Å². The number of carbonyl (C=O) groups excluding carboxylic acids is 1. The maximum absolute atomic E-state index is 16.3. The highest BCUT2D eigenvalue weighted by molar-refractivity contribution is 7.46. The van der Waals surface area contributed by atoms with Gasteiger partial charge in [-0.3, -0.25) is 14.2 Å². The highest BCUT2D eigenvalue weighted by Crippen LogP contribution is 2.52. The molecular weight excluding hydrogens is 457 g/mol. The van der Waals surface area contributed by atoms with Gasteiger partial charge >= 0.3 is 14.0 Å². The van der Waals surface area contributed by atoms with Crippen LogP contribution in [-0.2, 0) is 25.7 Å². The van der Waals surface area contributed by atoms with E-state index >= 15 is 4.39 Å². The Morgan fingerprint density at radius 2 is 1.83 bits per heavy atom. The molecule has 1 heterocycles. The van der Waals surface area contributed by atoms with Gasteiger partial charge in [-0.2, -0.15) is 13.2 Å². The number of phosphoric ester groups is 1. The quantitative estimate of drug-likeness (QED) is 0.508. The van der Waals surface area contributed by atoms with Crippen LogP contribution in [0.4, 0.5) is 23.2 Å². The summed E-state index contributed by atoms with van der Waals surface area (Å²) in [7, 11) is -3.93. The van der Waals surface area contributed by atoms with Crippen LogP contribution in [0.25, 0.3) is 0 Å². The van der Waals surface area contributed by atoms with Crippen LogP contribution in [0.15, 0.2) is 36.4 Å². The van der Waals surface area contributed by atoms with Crippen LogP contribution in [0, 0.1) is 0 Å². The van der Waals surface area contributed by atoms with Crippen molar-refractivity contribution in [3.8, 4) is 5.75 Å². The molecule has 0 saturated carbocycles. The van der Waals surface area contributed by atoms with Crippen molar-refractivity contribution in [2.24, 2.45) is 0 Å². The van der Waals surface area contributed by atoms with Gasteiger partial charge in [-0.15, -0.1) is 0 Å². The van der Waals surface area contributed by atoms with Crippen LogP contribution < -0.4 is 9.64 Å². The summed E-state index contributed by atoms with van der Waals surface area (Å²) in [5.74, 6) is -1.54. The molecule has 1 aliphatic heterocycles. The van der Waals surface area contributed by atoms with Crippen LogP contribution in [-0.4, -0.2) is 29.5 Å². The topological polar surface area (TPSA) is 96.3 Å². The van der Waals surface area contributed by atoms with Crippen molar-refractivity contribution in [3.63, 3.8) is 0 Å². The molecule has 3 rings (SSSR count). The van der Waals surface area contributed by atoms with E-state index < -0.39 is 49.1 Å². The number of ether oxygens (including phenoxy) is 1. The first-order chi connectivity index (χ1) is 13.8. The Morgan fingerprint density at radius 1 is 1.17 bits per heavy atom. The largest absolute Gasteiger partial charge is 0.496 e. The number of fused-ring (bicyclic) bond motifs is 1. The Hall–Kier alpha value is -2.17. The van der Waals surface area contributed by atoms with E-state index in [4.69, 9.17) is 26.1 Å². The van der Waals surface area contributed by atoms with E-state index in [9.17, 15) is 22.5 Å². The number of halogens is 5. The maximum Gasteiger partial charge on any atom is 0.471 e. The van der Waals surface area contributed by atoms with Gasteiger partial charge in [0.15, 0.2) is 0 Å². The number of alkyl halides is 4. The van der Waals surface area contributed by atoms with Gasteiger partial charge in [0.1, 0.15) is 12.5 Å². The van der Waals surface area contributed by atoms with Gasteiger partial charge in [0.25, 0.3) is 5.91 Å². The number of rotatable bonds is 5. The SMILES string of the molecule is COc1ccc(Cl)cc1C1(F)C(=O)N(COP(=O)(O)O)c2cc(C(F)(F)F)ccc21. The minimum absolute atomic E-state index is 0.0222. The monoisotopic (exact) mass is 469 g/mol. The lowest BCUT2D eigenvalue weighted by molar-refractivity contribution is -0.137. The zero-order valence-corrected chi connectivity index (χ0v) is 16.6. The van der Waals surface area contributed by atoms with Gasteiger partial charge in [-0.05, 0) is 30.3 Å². The number of hydrogen-bond donors (Lipinski definition) is 2. The average Bonchev–Trinajstić information content (AvgIpc) is 2.86. The molecule has 162 valence electrons. The lowest BCUT2D eigenvalue weighted by Crippen LogP contribution is -2.39. The molecule has 0 fully saturated rings. The number of nitrogens with zero attached hydrogens (tertiary/aromatic N) is 1. The molecule has 0 aromatic heterocycles. The second-order valence-corrected chi connectivity index (χ2v) is 7.89. The van der Waals surface area contributed by atoms with Crippen molar-refractivity contribution < 1.29 is 46.0 Å². The maximum atomic E-state index is 16.3. The van der Waals surface area contributed by atoms with Crippen LogP contribution in [0.5, 0.6) is 5.75 Å². The summed E-state index contributed by atoms with van der Waals surface area (Å²) in [5, 5.41) is 0.0222. The van der Waals surface area contributed by atoms with E-state index in [1.807, 2.05) is 0 Å². The normalized spacial score (nSPS) is 19.2. The molecule has 0 radical (unpaired) electrons. The highest BCUT2D eigenvalue weighted by Gasteiger charge is 2.55. The highest BCUT2D eigenvalue weighted by atomic mass is 35.5. The van der Waals surface area contributed by atoms with E-state index in [0.717, 1.165) is 12.1 Å². The first-order valence-electron chi connectivity index (χ1n) is 8.05. The third-order valence-electron chi connectivity index (χ3n) is 4.41. The zero-order valence-electron chi connectivity index (χ0n) is 15.0. The third kappa shape index (κ3) is 3.91. The van der Waals surface area contributed by atoms with E-state index in [-0.39, 0.29) is 16.3 Å². The summed E-state index contributed by atoms with van der Waals surface area (Å²) in [4.78, 5) is 31.2. The molecule has 13 heteroatoms. The minimum Gasteiger partial charge on any atom is -0.496 e. The van der Waals surface area contributed by atoms with Crippen molar-refractivity contribution in [2.45, 2.75) is 11.8 Å². The third-order valence-corrected chi connectivity index (χ3v) is 5.10. The first kappa shape index (κ1) is 22.5. The van der Waals surface area contributed by atoms with Gasteiger partial charge < -0.3 is 14.5 Å². The van der Waals surface area contributed by atoms with Crippen molar-refractivity contribution in [1.82, 2.24) is 0 Å². The van der Waals surface area contributed by atoms with Gasteiger partial charge in [-0.25, -0.2) is 8.96 Å². The molecule has 0 saturated heterocycles. The molecule has 0 aliphatic carbocycles. The summed E-state index contributed by atoms with van der Waals surface area (Å²) < 4.78 is 76.1. The second-order valence-electron chi connectivity index (χ2n) is 6.21. The van der Waals surface area contributed by atoms with Crippen LogP contribution >= 0.6 is 19.4 Å².